The van der Waals surface area contributed by atoms with Crippen molar-refractivity contribution < 1.29 is 27.2 Å². The average molecular weight is 445 g/mol. The van der Waals surface area contributed by atoms with Crippen molar-refractivity contribution in [3.8, 4) is 6.07 Å². The number of hydrogen-bond acceptors (Lipinski definition) is 7. The van der Waals surface area contributed by atoms with Crippen molar-refractivity contribution in [2.75, 3.05) is 13.7 Å². The van der Waals surface area contributed by atoms with Crippen molar-refractivity contribution >= 4 is 21.7 Å². The molecule has 1 aromatic carbocycles. The second-order valence-electron chi connectivity index (χ2n) is 7.58. The predicted octanol–water partition coefficient (Wildman–Crippen LogP) is 3.10. The van der Waals surface area contributed by atoms with E-state index in [1.165, 1.54) is 36.4 Å². The van der Waals surface area contributed by atoms with Crippen LogP contribution < -0.4 is 0 Å². The van der Waals surface area contributed by atoms with Gasteiger partial charge in [-0.3, -0.25) is 4.79 Å². The van der Waals surface area contributed by atoms with Crippen LogP contribution in [-0.2, 0) is 25.1 Å². The van der Waals surface area contributed by atoms with E-state index in [4.69, 9.17) is 9.15 Å². The van der Waals surface area contributed by atoms with Crippen LogP contribution >= 0.6 is 0 Å². The summed E-state index contributed by atoms with van der Waals surface area (Å²) < 4.78 is 35.4. The molecule has 164 valence electrons. The first-order valence-electron chi connectivity index (χ1n) is 9.98. The second-order valence-corrected chi connectivity index (χ2v) is 9.57. The lowest BCUT2D eigenvalue weighted by atomic mass is 9.81. The molecule has 1 aliphatic rings. The first kappa shape index (κ1) is 22.6. The SMILES string of the molecule is CN(C(=O)COC(=O)c1occc1CS(=O)(=O)c1ccccc1)C1(C#N)CCCCC1. The largest absolute Gasteiger partial charge is 0.457 e. The summed E-state index contributed by atoms with van der Waals surface area (Å²) in [5.41, 5.74) is -0.739. The number of amides is 1. The fourth-order valence-electron chi connectivity index (χ4n) is 3.73. The van der Waals surface area contributed by atoms with E-state index in [-0.39, 0.29) is 16.2 Å². The van der Waals surface area contributed by atoms with Crippen molar-refractivity contribution in [1.29, 1.82) is 5.26 Å². The number of esters is 1. The van der Waals surface area contributed by atoms with Crippen molar-refractivity contribution in [2.24, 2.45) is 0 Å². The Kier molecular flexibility index (Phi) is 6.81. The Morgan fingerprint density at radius 2 is 1.84 bits per heavy atom. The highest BCUT2D eigenvalue weighted by Crippen LogP contribution is 2.32. The molecular formula is C22H24N2O6S. The third-order valence-electron chi connectivity index (χ3n) is 5.61. The maximum absolute atomic E-state index is 12.6. The summed E-state index contributed by atoms with van der Waals surface area (Å²) in [6, 6.07) is 11.5. The molecule has 1 amide bonds. The Morgan fingerprint density at radius 1 is 1.16 bits per heavy atom. The van der Waals surface area contributed by atoms with Gasteiger partial charge in [-0.2, -0.15) is 5.26 Å². The number of furan rings is 1. The van der Waals surface area contributed by atoms with Gasteiger partial charge in [-0.25, -0.2) is 13.2 Å². The number of carbonyl (C=O) groups excluding carboxylic acids is 2. The molecule has 1 fully saturated rings. The van der Waals surface area contributed by atoms with Crippen molar-refractivity contribution in [3.63, 3.8) is 0 Å². The van der Waals surface area contributed by atoms with E-state index in [9.17, 15) is 23.3 Å². The average Bonchev–Trinajstić information content (AvgIpc) is 3.25. The fraction of sp³-hybridized carbons (Fsp3) is 0.409. The smallest absolute Gasteiger partial charge is 0.375 e. The summed E-state index contributed by atoms with van der Waals surface area (Å²) >= 11 is 0. The highest BCUT2D eigenvalue weighted by Gasteiger charge is 2.39. The summed E-state index contributed by atoms with van der Waals surface area (Å²) in [6.07, 6.45) is 5.10. The summed E-state index contributed by atoms with van der Waals surface area (Å²) in [7, 11) is -2.15. The molecule has 0 atom stereocenters. The molecule has 0 bridgehead atoms. The van der Waals surface area contributed by atoms with Crippen LogP contribution in [0.5, 0.6) is 0 Å². The lowest BCUT2D eigenvalue weighted by molar-refractivity contribution is -0.138. The molecule has 0 N–H and O–H groups in total. The van der Waals surface area contributed by atoms with Gasteiger partial charge >= 0.3 is 5.97 Å². The minimum absolute atomic E-state index is 0.126. The Bertz CT molecular complexity index is 1080. The van der Waals surface area contributed by atoms with E-state index in [1.54, 1.807) is 18.2 Å². The summed E-state index contributed by atoms with van der Waals surface area (Å²) in [4.78, 5) is 26.5. The van der Waals surface area contributed by atoms with Crippen molar-refractivity contribution in [1.82, 2.24) is 4.90 Å². The maximum Gasteiger partial charge on any atom is 0.375 e. The summed E-state index contributed by atoms with van der Waals surface area (Å²) in [5, 5.41) is 9.60. The van der Waals surface area contributed by atoms with E-state index in [2.05, 4.69) is 6.07 Å². The van der Waals surface area contributed by atoms with E-state index in [0.717, 1.165) is 19.3 Å². The van der Waals surface area contributed by atoms with Crippen LogP contribution in [0.2, 0.25) is 0 Å². The number of benzene rings is 1. The van der Waals surface area contributed by atoms with Crippen LogP contribution in [0, 0.1) is 11.3 Å². The number of sulfone groups is 1. The standard InChI is InChI=1S/C22H24N2O6S/c1-24(22(16-23)11-6-3-7-12-22)19(25)14-30-21(26)20-17(10-13-29-20)15-31(27,28)18-8-4-2-5-9-18/h2,4-5,8-10,13H,3,6-7,11-12,14-15H2,1H3. The van der Waals surface area contributed by atoms with Crippen molar-refractivity contribution in [2.45, 2.75) is 48.3 Å². The van der Waals surface area contributed by atoms with Gasteiger partial charge in [-0.15, -0.1) is 0 Å². The number of ether oxygens (including phenoxy) is 1. The van der Waals surface area contributed by atoms with Gasteiger partial charge < -0.3 is 14.1 Å². The lowest BCUT2D eigenvalue weighted by Crippen LogP contribution is -2.51. The highest BCUT2D eigenvalue weighted by atomic mass is 32.2. The Morgan fingerprint density at radius 3 is 2.48 bits per heavy atom. The molecule has 1 aromatic heterocycles. The fourth-order valence-corrected chi connectivity index (χ4v) is 5.11. The quantitative estimate of drug-likeness (QED) is 0.602. The normalized spacial score (nSPS) is 15.6. The molecule has 1 saturated carbocycles. The number of hydrogen-bond donors (Lipinski definition) is 0. The van der Waals surface area contributed by atoms with Crippen LogP contribution in [0.25, 0.3) is 0 Å². The van der Waals surface area contributed by atoms with E-state index in [0.29, 0.717) is 12.8 Å². The van der Waals surface area contributed by atoms with Gasteiger partial charge in [0.25, 0.3) is 5.91 Å². The number of rotatable bonds is 7. The molecule has 0 saturated heterocycles. The molecule has 0 aliphatic heterocycles. The Labute approximate surface area is 181 Å². The zero-order chi connectivity index (χ0) is 22.5. The predicted molar refractivity (Wildman–Crippen MR) is 111 cm³/mol. The minimum atomic E-state index is -3.69. The Balaban J connectivity index is 1.65. The van der Waals surface area contributed by atoms with E-state index < -0.39 is 39.6 Å². The molecule has 1 aliphatic carbocycles. The van der Waals surface area contributed by atoms with Gasteiger partial charge in [-0.1, -0.05) is 37.5 Å². The van der Waals surface area contributed by atoms with Gasteiger partial charge in [0.1, 0.15) is 5.54 Å². The maximum atomic E-state index is 12.6. The molecule has 3 rings (SSSR count). The third-order valence-corrected chi connectivity index (χ3v) is 7.29. The molecule has 2 aromatic rings. The van der Waals surface area contributed by atoms with Crippen LogP contribution in [0.4, 0.5) is 0 Å². The molecule has 31 heavy (non-hydrogen) atoms. The van der Waals surface area contributed by atoms with Gasteiger partial charge in [0.15, 0.2) is 16.4 Å². The topological polar surface area (TPSA) is 118 Å². The number of nitriles is 1. The zero-order valence-corrected chi connectivity index (χ0v) is 18.1. The third kappa shape index (κ3) is 4.97. The van der Waals surface area contributed by atoms with Gasteiger partial charge in [0.2, 0.25) is 5.76 Å². The summed E-state index contributed by atoms with van der Waals surface area (Å²) in [5.74, 6) is -2.13. The molecule has 9 heteroatoms. The first-order valence-corrected chi connectivity index (χ1v) is 11.6. The van der Waals surface area contributed by atoms with Gasteiger partial charge in [-0.05, 0) is 31.0 Å². The van der Waals surface area contributed by atoms with Gasteiger partial charge in [0, 0.05) is 12.6 Å². The van der Waals surface area contributed by atoms with Gasteiger partial charge in [0.05, 0.1) is 23.0 Å². The summed E-state index contributed by atoms with van der Waals surface area (Å²) in [6.45, 7) is -0.565. The lowest BCUT2D eigenvalue weighted by Gasteiger charge is -2.38. The zero-order valence-electron chi connectivity index (χ0n) is 17.2. The number of likely N-dealkylation sites (N-methyl/N-ethyl adjacent to an activating group) is 1. The monoisotopic (exact) mass is 444 g/mol. The first-order chi connectivity index (χ1) is 14.8. The molecule has 0 unspecified atom stereocenters. The second kappa shape index (κ2) is 9.35. The van der Waals surface area contributed by atoms with E-state index in [1.807, 2.05) is 0 Å². The van der Waals surface area contributed by atoms with Crippen molar-refractivity contribution in [3.05, 3.63) is 54.0 Å². The number of nitrogens with zero attached hydrogens (tertiary/aromatic N) is 2. The highest BCUT2D eigenvalue weighted by molar-refractivity contribution is 7.90. The van der Waals surface area contributed by atoms with Crippen LogP contribution in [0.3, 0.4) is 0 Å². The minimum Gasteiger partial charge on any atom is -0.457 e. The van der Waals surface area contributed by atoms with Crippen LogP contribution in [0.1, 0.15) is 48.2 Å². The molecule has 8 nitrogen and oxygen atoms in total. The van der Waals surface area contributed by atoms with Crippen LogP contribution in [-0.4, -0.2) is 44.4 Å². The van der Waals surface area contributed by atoms with Crippen LogP contribution in [0.15, 0.2) is 52.0 Å². The van der Waals surface area contributed by atoms with E-state index >= 15 is 0 Å². The molecule has 0 spiro atoms. The number of carbonyl (C=O) groups is 2. The molecule has 0 radical (unpaired) electrons. The Hall–Kier alpha value is -3.12. The molecule has 1 heterocycles. The molecular weight excluding hydrogens is 420 g/mol.